The van der Waals surface area contributed by atoms with Gasteiger partial charge in [-0.1, -0.05) is 0 Å². The number of hydrogen-bond donors (Lipinski definition) is 3. The Morgan fingerprint density at radius 2 is 2.18 bits per heavy atom. The van der Waals surface area contributed by atoms with Gasteiger partial charge in [0.25, 0.3) is 0 Å². The molecule has 0 aliphatic carbocycles. The summed E-state index contributed by atoms with van der Waals surface area (Å²) in [5.74, 6) is -0.1000. The van der Waals surface area contributed by atoms with E-state index in [1.807, 2.05) is 6.26 Å². The number of aliphatic carboxylic acids is 1. The van der Waals surface area contributed by atoms with E-state index in [2.05, 4.69) is 16.3 Å². The van der Waals surface area contributed by atoms with Crippen LogP contribution in [0.1, 0.15) is 6.42 Å². The quantitative estimate of drug-likeness (QED) is 0.571. The summed E-state index contributed by atoms with van der Waals surface area (Å²) in [5.41, 5.74) is 5.19. The van der Waals surface area contributed by atoms with E-state index in [4.69, 9.17) is 15.0 Å². The second-order valence-electron chi connectivity index (χ2n) is 1.73. The Kier molecular flexibility index (Phi) is 12.9. The van der Waals surface area contributed by atoms with Gasteiger partial charge in [0.05, 0.1) is 0 Å². The summed E-state index contributed by atoms with van der Waals surface area (Å²) in [7, 11) is 0. The van der Waals surface area contributed by atoms with Crippen molar-refractivity contribution < 1.29 is 30.4 Å². The number of nitrogens with two attached hydrogens (primary N) is 1. The second-order valence-corrected chi connectivity index (χ2v) is 2.71. The maximum absolute atomic E-state index is 10.1. The molecule has 0 amide bonds. The van der Waals surface area contributed by atoms with E-state index in [0.29, 0.717) is 6.42 Å². The molecule has 0 aromatic heterocycles. The molecular formula is C5H12CuNO3S. The molecule has 0 heterocycles. The van der Waals surface area contributed by atoms with Gasteiger partial charge in [-0.3, -0.25) is 4.79 Å². The standard InChI is InChI=1S/C5H11NO2S.Cu.H2O/c1-9-3-2-4(6)5(7)8;;/h4H,2-3,6H2,1H3,(H,7,8);;1H2/q;+1;/p-1. The number of carboxylic acid groups (broad SMARTS) is 1. The topological polar surface area (TPSA) is 83.6 Å². The van der Waals surface area contributed by atoms with Crippen LogP contribution in [0.15, 0.2) is 0 Å². The first-order chi connectivity index (χ1) is 5.18. The molecule has 0 saturated heterocycles. The predicted molar refractivity (Wildman–Crippen MR) is 40.8 cm³/mol. The number of carboxylic acids is 1. The molecule has 0 fully saturated rings. The third-order valence-corrected chi connectivity index (χ3v) is 1.59. The number of carbonyl (C=O) groups is 1. The Labute approximate surface area is 78.7 Å². The Morgan fingerprint density at radius 1 is 1.73 bits per heavy atom. The Hall–Kier alpha value is 0.259. The Bertz CT molecular complexity index is 104. The van der Waals surface area contributed by atoms with E-state index < -0.39 is 12.0 Å². The minimum absolute atomic E-state index is 0.552. The molecule has 0 bridgehead atoms. The van der Waals surface area contributed by atoms with Crippen LogP contribution in [0, 0.1) is 0 Å². The van der Waals surface area contributed by atoms with Crippen molar-refractivity contribution >= 4 is 17.7 Å². The average Bonchev–Trinajstić information content (AvgIpc) is 2.03. The van der Waals surface area contributed by atoms with Crippen molar-refractivity contribution in [1.82, 2.24) is 0 Å². The molecule has 1 unspecified atom stereocenters. The SMILES string of the molecule is CSCCC(N)C(=O)O.[OH][Cu]. The van der Waals surface area contributed by atoms with Crippen LogP contribution in [0.25, 0.3) is 0 Å². The van der Waals surface area contributed by atoms with Gasteiger partial charge in [-0.15, -0.1) is 0 Å². The van der Waals surface area contributed by atoms with E-state index in [0.717, 1.165) is 5.75 Å². The molecule has 6 heteroatoms. The van der Waals surface area contributed by atoms with E-state index in [9.17, 15) is 4.79 Å². The van der Waals surface area contributed by atoms with Gasteiger partial charge >= 0.3 is 26.5 Å². The van der Waals surface area contributed by atoms with Gasteiger partial charge in [0.2, 0.25) is 0 Å². The average molecular weight is 230 g/mol. The van der Waals surface area contributed by atoms with E-state index >= 15 is 0 Å². The molecule has 72 valence electrons. The van der Waals surface area contributed by atoms with Crippen molar-refractivity contribution in [1.29, 1.82) is 0 Å². The fourth-order valence-corrected chi connectivity index (χ4v) is 0.858. The van der Waals surface area contributed by atoms with Gasteiger partial charge in [-0.2, -0.15) is 11.8 Å². The zero-order valence-electron chi connectivity index (χ0n) is 6.08. The molecule has 0 spiro atoms. The Morgan fingerprint density at radius 3 is 2.45 bits per heavy atom. The van der Waals surface area contributed by atoms with Crippen LogP contribution in [0.3, 0.4) is 0 Å². The van der Waals surface area contributed by atoms with Crippen molar-refractivity contribution in [2.24, 2.45) is 5.73 Å². The van der Waals surface area contributed by atoms with Crippen molar-refractivity contribution in [2.45, 2.75) is 12.5 Å². The van der Waals surface area contributed by atoms with Crippen LogP contribution >= 0.6 is 11.8 Å². The molecule has 0 aromatic carbocycles. The zero-order valence-corrected chi connectivity index (χ0v) is 7.84. The third kappa shape index (κ3) is 10.3. The van der Waals surface area contributed by atoms with Crippen LogP contribution < -0.4 is 5.73 Å². The number of hydrogen-bond acceptors (Lipinski definition) is 4. The predicted octanol–water partition coefficient (Wildman–Crippen LogP) is -0.408. The molecule has 0 radical (unpaired) electrons. The molecule has 1 atom stereocenters. The van der Waals surface area contributed by atoms with Crippen LogP contribution in [0.4, 0.5) is 0 Å². The van der Waals surface area contributed by atoms with Crippen molar-refractivity contribution in [3.63, 3.8) is 0 Å². The van der Waals surface area contributed by atoms with Gasteiger partial charge in [0.15, 0.2) is 0 Å². The van der Waals surface area contributed by atoms with Crippen LogP contribution in [0.5, 0.6) is 0 Å². The number of rotatable bonds is 4. The molecular weight excluding hydrogens is 218 g/mol. The van der Waals surface area contributed by atoms with Crippen molar-refractivity contribution in [3.05, 3.63) is 0 Å². The van der Waals surface area contributed by atoms with Crippen LogP contribution in [-0.4, -0.2) is 33.3 Å². The maximum atomic E-state index is 10.1. The molecule has 0 rings (SSSR count). The first kappa shape index (κ1) is 13.8. The summed E-state index contributed by atoms with van der Waals surface area (Å²) >= 11 is 4.79. The van der Waals surface area contributed by atoms with Crippen molar-refractivity contribution in [3.8, 4) is 0 Å². The van der Waals surface area contributed by atoms with Gasteiger partial charge < -0.3 is 10.8 Å². The van der Waals surface area contributed by atoms with Crippen molar-refractivity contribution in [2.75, 3.05) is 12.0 Å². The molecule has 11 heavy (non-hydrogen) atoms. The van der Waals surface area contributed by atoms with Gasteiger partial charge in [0.1, 0.15) is 6.04 Å². The first-order valence-corrected chi connectivity index (χ1v) is 4.60. The first-order valence-electron chi connectivity index (χ1n) is 2.79. The molecule has 0 aliphatic heterocycles. The summed E-state index contributed by atoms with van der Waals surface area (Å²) in [5, 5.41) is 8.27. The fourth-order valence-electron chi connectivity index (χ4n) is 0.368. The Balaban J connectivity index is 0. The zero-order chi connectivity index (χ0) is 9.28. The van der Waals surface area contributed by atoms with Gasteiger partial charge in [0, 0.05) is 0 Å². The second kappa shape index (κ2) is 10.3. The minimum atomic E-state index is -0.913. The van der Waals surface area contributed by atoms with E-state index in [-0.39, 0.29) is 0 Å². The van der Waals surface area contributed by atoms with E-state index in [1.54, 1.807) is 11.8 Å². The van der Waals surface area contributed by atoms with Crippen LogP contribution in [-0.2, 0) is 21.1 Å². The monoisotopic (exact) mass is 229 g/mol. The molecule has 4 nitrogen and oxygen atoms in total. The molecule has 0 saturated carbocycles. The molecule has 0 aromatic rings. The fraction of sp³-hybridized carbons (Fsp3) is 0.800. The van der Waals surface area contributed by atoms with Gasteiger partial charge in [-0.25, -0.2) is 0 Å². The summed E-state index contributed by atoms with van der Waals surface area (Å²) in [6.45, 7) is 0. The van der Waals surface area contributed by atoms with Crippen LogP contribution in [0.2, 0.25) is 0 Å². The number of thioether (sulfide) groups is 1. The van der Waals surface area contributed by atoms with E-state index in [1.165, 1.54) is 0 Å². The summed E-state index contributed by atoms with van der Waals surface area (Å²) in [6, 6.07) is -0.683. The third-order valence-electron chi connectivity index (χ3n) is 0.950. The normalized spacial score (nSPS) is 11.4. The summed E-state index contributed by atoms with van der Waals surface area (Å²) in [4.78, 5) is 10.1. The van der Waals surface area contributed by atoms with Gasteiger partial charge in [-0.05, 0) is 18.4 Å². The molecule has 0 aliphatic rings. The molecule has 4 N–H and O–H groups in total. The summed E-state index contributed by atoms with van der Waals surface area (Å²) in [6.07, 6.45) is 2.48. The summed E-state index contributed by atoms with van der Waals surface area (Å²) < 4.78 is 6.56.